The van der Waals surface area contributed by atoms with Crippen molar-refractivity contribution >= 4 is 23.6 Å². The van der Waals surface area contributed by atoms with E-state index < -0.39 is 0 Å². The van der Waals surface area contributed by atoms with Gasteiger partial charge in [-0.05, 0) is 38.1 Å². The van der Waals surface area contributed by atoms with Crippen molar-refractivity contribution in [2.45, 2.75) is 26.1 Å². The van der Waals surface area contributed by atoms with Gasteiger partial charge in [-0.25, -0.2) is 10.4 Å². The zero-order valence-corrected chi connectivity index (χ0v) is 16.9. The summed E-state index contributed by atoms with van der Waals surface area (Å²) in [6, 6.07) is 14.2. The fourth-order valence-corrected chi connectivity index (χ4v) is 3.61. The van der Waals surface area contributed by atoms with Gasteiger partial charge in [-0.1, -0.05) is 24.3 Å². The first-order valence-electron chi connectivity index (χ1n) is 9.83. The molecule has 0 spiro atoms. The summed E-state index contributed by atoms with van der Waals surface area (Å²) in [5.74, 6) is 0.182. The van der Waals surface area contributed by atoms with E-state index in [1.54, 1.807) is 42.6 Å². The lowest BCUT2D eigenvalue weighted by Crippen LogP contribution is -2.47. The standard InChI is InChI=1S/C22H23N5O3/c1-15-13-26(14-16(2)30-15)20-18(22(29)27-11-7-6-10-19(27)24-20)12-23-25-21(28)17-8-4-3-5-9-17/h3-12,15-16H,13-14H2,1-2H3,(H,25,28)/b23-12+. The van der Waals surface area contributed by atoms with E-state index in [-0.39, 0.29) is 23.7 Å². The van der Waals surface area contributed by atoms with Crippen LogP contribution in [0.25, 0.3) is 5.65 Å². The Balaban J connectivity index is 1.71. The quantitative estimate of drug-likeness (QED) is 0.530. The van der Waals surface area contributed by atoms with Gasteiger partial charge in [-0.3, -0.25) is 14.0 Å². The molecule has 2 atom stereocenters. The molecule has 2 aromatic heterocycles. The SMILES string of the molecule is CC1CN(c2nc3ccccn3c(=O)c2/C=N/NC(=O)c2ccccc2)CC(C)O1. The minimum absolute atomic E-state index is 0.00680. The number of hydrazone groups is 1. The van der Waals surface area contributed by atoms with E-state index in [2.05, 4.69) is 10.5 Å². The Hall–Kier alpha value is -3.52. The molecule has 1 saturated heterocycles. The highest BCUT2D eigenvalue weighted by Gasteiger charge is 2.26. The second-order valence-electron chi connectivity index (χ2n) is 7.31. The molecule has 0 saturated carbocycles. The summed E-state index contributed by atoms with van der Waals surface area (Å²) in [6.45, 7) is 5.20. The van der Waals surface area contributed by atoms with E-state index in [0.29, 0.717) is 35.7 Å². The molecule has 1 amide bonds. The molecule has 1 fully saturated rings. The van der Waals surface area contributed by atoms with Crippen LogP contribution in [0.3, 0.4) is 0 Å². The van der Waals surface area contributed by atoms with Crippen LogP contribution in [0.4, 0.5) is 5.82 Å². The van der Waals surface area contributed by atoms with Crippen LogP contribution in [0.15, 0.2) is 64.6 Å². The number of carbonyl (C=O) groups is 1. The van der Waals surface area contributed by atoms with Crippen LogP contribution in [0.2, 0.25) is 0 Å². The first-order chi connectivity index (χ1) is 14.5. The fraction of sp³-hybridized carbons (Fsp3) is 0.273. The molecule has 1 aliphatic rings. The van der Waals surface area contributed by atoms with Crippen molar-refractivity contribution in [1.29, 1.82) is 0 Å². The molecule has 8 nitrogen and oxygen atoms in total. The lowest BCUT2D eigenvalue weighted by molar-refractivity contribution is -0.00546. The summed E-state index contributed by atoms with van der Waals surface area (Å²) in [4.78, 5) is 32.2. The van der Waals surface area contributed by atoms with Crippen molar-refractivity contribution < 1.29 is 9.53 Å². The minimum atomic E-state index is -0.351. The Morgan fingerprint density at radius 3 is 2.57 bits per heavy atom. The molecule has 0 radical (unpaired) electrons. The molecule has 1 N–H and O–H groups in total. The minimum Gasteiger partial charge on any atom is -0.372 e. The van der Waals surface area contributed by atoms with Crippen molar-refractivity contribution in [2.24, 2.45) is 5.10 Å². The number of anilines is 1. The number of ether oxygens (including phenoxy) is 1. The average Bonchev–Trinajstić information content (AvgIpc) is 2.75. The second kappa shape index (κ2) is 8.46. The van der Waals surface area contributed by atoms with E-state index in [1.807, 2.05) is 30.9 Å². The smallest absolute Gasteiger partial charge is 0.271 e. The molecule has 2 unspecified atom stereocenters. The van der Waals surface area contributed by atoms with Gasteiger partial charge in [0.05, 0.1) is 18.4 Å². The third-order valence-electron chi connectivity index (χ3n) is 4.86. The maximum absolute atomic E-state index is 13.2. The van der Waals surface area contributed by atoms with Crippen LogP contribution in [0, 0.1) is 0 Å². The lowest BCUT2D eigenvalue weighted by Gasteiger charge is -2.36. The highest BCUT2D eigenvalue weighted by molar-refractivity contribution is 5.95. The number of aromatic nitrogens is 2. The zero-order valence-electron chi connectivity index (χ0n) is 16.9. The van der Waals surface area contributed by atoms with Gasteiger partial charge < -0.3 is 9.64 Å². The lowest BCUT2D eigenvalue weighted by atomic mass is 10.2. The Kier molecular flexibility index (Phi) is 5.58. The van der Waals surface area contributed by atoms with Crippen LogP contribution >= 0.6 is 0 Å². The van der Waals surface area contributed by atoms with E-state index >= 15 is 0 Å². The average molecular weight is 405 g/mol. The molecule has 154 valence electrons. The normalized spacial score (nSPS) is 19.3. The Morgan fingerprint density at radius 1 is 1.13 bits per heavy atom. The molecule has 3 aromatic rings. The van der Waals surface area contributed by atoms with Gasteiger partial charge in [0.25, 0.3) is 11.5 Å². The summed E-state index contributed by atoms with van der Waals surface area (Å²) in [6.07, 6.45) is 3.05. The Labute approximate surface area is 173 Å². The van der Waals surface area contributed by atoms with Crippen LogP contribution in [-0.4, -0.2) is 46.8 Å². The van der Waals surface area contributed by atoms with Crippen LogP contribution in [0.1, 0.15) is 29.8 Å². The molecule has 1 aliphatic heterocycles. The third-order valence-corrected chi connectivity index (χ3v) is 4.86. The molecule has 3 heterocycles. The summed E-state index contributed by atoms with van der Waals surface area (Å²) in [7, 11) is 0. The predicted octanol–water partition coefficient (Wildman–Crippen LogP) is 2.07. The van der Waals surface area contributed by atoms with Crippen molar-refractivity contribution in [3.63, 3.8) is 0 Å². The van der Waals surface area contributed by atoms with Crippen molar-refractivity contribution in [3.05, 3.63) is 76.2 Å². The number of pyridine rings is 1. The van der Waals surface area contributed by atoms with Gasteiger partial charge in [0, 0.05) is 24.8 Å². The molecule has 4 rings (SSSR count). The number of nitrogens with one attached hydrogen (secondary N) is 1. The number of carbonyl (C=O) groups excluding carboxylic acids is 1. The van der Waals surface area contributed by atoms with E-state index in [0.717, 1.165) is 0 Å². The Bertz CT molecular complexity index is 1130. The van der Waals surface area contributed by atoms with E-state index in [9.17, 15) is 9.59 Å². The number of fused-ring (bicyclic) bond motifs is 1. The molecular formula is C22H23N5O3. The third kappa shape index (κ3) is 4.08. The van der Waals surface area contributed by atoms with E-state index in [1.165, 1.54) is 10.6 Å². The van der Waals surface area contributed by atoms with Gasteiger partial charge in [0.15, 0.2) is 0 Å². The number of amides is 1. The number of nitrogens with zero attached hydrogens (tertiary/aromatic N) is 4. The van der Waals surface area contributed by atoms with Crippen molar-refractivity contribution in [2.75, 3.05) is 18.0 Å². The van der Waals surface area contributed by atoms with Gasteiger partial charge in [0.2, 0.25) is 0 Å². The first kappa shape index (κ1) is 19.8. The summed E-state index contributed by atoms with van der Waals surface area (Å²) >= 11 is 0. The summed E-state index contributed by atoms with van der Waals surface area (Å²) in [5, 5.41) is 4.04. The number of hydrogen-bond donors (Lipinski definition) is 1. The summed E-state index contributed by atoms with van der Waals surface area (Å²) in [5.41, 5.74) is 3.58. The van der Waals surface area contributed by atoms with Crippen molar-refractivity contribution in [1.82, 2.24) is 14.8 Å². The van der Waals surface area contributed by atoms with Gasteiger partial charge >= 0.3 is 0 Å². The van der Waals surface area contributed by atoms with Crippen molar-refractivity contribution in [3.8, 4) is 0 Å². The monoisotopic (exact) mass is 405 g/mol. The second-order valence-corrected chi connectivity index (χ2v) is 7.31. The van der Waals surface area contributed by atoms with Crippen LogP contribution in [0.5, 0.6) is 0 Å². The molecule has 0 aliphatic carbocycles. The first-order valence-corrected chi connectivity index (χ1v) is 9.83. The highest BCUT2D eigenvalue weighted by atomic mass is 16.5. The largest absolute Gasteiger partial charge is 0.372 e. The zero-order chi connectivity index (χ0) is 21.1. The van der Waals surface area contributed by atoms with Gasteiger partial charge in [-0.15, -0.1) is 0 Å². The van der Waals surface area contributed by atoms with Crippen LogP contribution in [-0.2, 0) is 4.74 Å². The maximum Gasteiger partial charge on any atom is 0.271 e. The summed E-state index contributed by atoms with van der Waals surface area (Å²) < 4.78 is 7.28. The number of morpholine rings is 1. The number of rotatable bonds is 4. The highest BCUT2D eigenvalue weighted by Crippen LogP contribution is 2.20. The fourth-order valence-electron chi connectivity index (χ4n) is 3.61. The topological polar surface area (TPSA) is 88.3 Å². The molecule has 1 aromatic carbocycles. The molecule has 30 heavy (non-hydrogen) atoms. The maximum atomic E-state index is 13.2. The van der Waals surface area contributed by atoms with Gasteiger partial charge in [0.1, 0.15) is 17.0 Å². The van der Waals surface area contributed by atoms with E-state index in [4.69, 9.17) is 9.72 Å². The number of benzene rings is 1. The van der Waals surface area contributed by atoms with Crippen LogP contribution < -0.4 is 15.9 Å². The molecule has 8 heteroatoms. The number of hydrogen-bond acceptors (Lipinski definition) is 6. The predicted molar refractivity (Wildman–Crippen MR) is 115 cm³/mol. The molecular weight excluding hydrogens is 382 g/mol. The van der Waals surface area contributed by atoms with Gasteiger partial charge in [-0.2, -0.15) is 5.10 Å². The Morgan fingerprint density at radius 2 is 1.83 bits per heavy atom. The molecule has 0 bridgehead atoms.